The predicted molar refractivity (Wildman–Crippen MR) is 43.4 cm³/mol. The lowest BCUT2D eigenvalue weighted by atomic mass is 10.3. The summed E-state index contributed by atoms with van der Waals surface area (Å²) in [5.41, 5.74) is 0.143. The molecule has 0 fully saturated rings. The van der Waals surface area contributed by atoms with Crippen molar-refractivity contribution in [1.82, 2.24) is 9.55 Å². The normalized spacial score (nSPS) is 14.1. The van der Waals surface area contributed by atoms with Crippen molar-refractivity contribution in [3.8, 4) is 5.88 Å². The number of nitrogens with zero attached hydrogens (tertiary/aromatic N) is 2. The van der Waals surface area contributed by atoms with Crippen LogP contribution in [0.2, 0.25) is 0 Å². The maximum atomic E-state index is 11.4. The third-order valence-electron chi connectivity index (χ3n) is 1.99. The van der Waals surface area contributed by atoms with Crippen molar-refractivity contribution in [2.24, 2.45) is 0 Å². The predicted octanol–water partition coefficient (Wildman–Crippen LogP) is -0.317. The van der Waals surface area contributed by atoms with E-state index < -0.39 is 0 Å². The van der Waals surface area contributed by atoms with Crippen molar-refractivity contribution in [1.29, 1.82) is 0 Å². The minimum absolute atomic E-state index is 0.164. The monoisotopic (exact) mass is 167 g/mol. The second-order valence-electron chi connectivity index (χ2n) is 2.77. The summed E-state index contributed by atoms with van der Waals surface area (Å²) in [7, 11) is 0. The molecule has 64 valence electrons. The van der Waals surface area contributed by atoms with Gasteiger partial charge in [0.05, 0.1) is 5.56 Å². The Kier molecular flexibility index (Phi) is 1.33. The van der Waals surface area contributed by atoms with E-state index in [1.54, 1.807) is 6.92 Å². The van der Waals surface area contributed by atoms with Crippen molar-refractivity contribution in [2.75, 3.05) is 11.9 Å². The van der Waals surface area contributed by atoms with Crippen molar-refractivity contribution >= 4 is 5.95 Å². The maximum absolute atomic E-state index is 11.4. The van der Waals surface area contributed by atoms with Crippen molar-refractivity contribution in [3.63, 3.8) is 0 Å². The van der Waals surface area contributed by atoms with E-state index >= 15 is 0 Å². The second kappa shape index (κ2) is 2.23. The van der Waals surface area contributed by atoms with E-state index in [4.69, 9.17) is 0 Å². The van der Waals surface area contributed by atoms with Gasteiger partial charge in [-0.3, -0.25) is 9.36 Å². The number of hydrogen-bond acceptors (Lipinski definition) is 4. The molecule has 0 unspecified atom stereocenters. The third-order valence-corrected chi connectivity index (χ3v) is 1.99. The van der Waals surface area contributed by atoms with Gasteiger partial charge in [-0.1, -0.05) is 0 Å². The van der Waals surface area contributed by atoms with Gasteiger partial charge in [-0.05, 0) is 6.92 Å². The summed E-state index contributed by atoms with van der Waals surface area (Å²) in [6.07, 6.45) is 0. The van der Waals surface area contributed by atoms with E-state index in [0.717, 1.165) is 0 Å². The largest absolute Gasteiger partial charge is 0.493 e. The molecule has 0 aromatic carbocycles. The van der Waals surface area contributed by atoms with Gasteiger partial charge >= 0.3 is 0 Å². The number of rotatable bonds is 0. The summed E-state index contributed by atoms with van der Waals surface area (Å²) in [5, 5.41) is 12.1. The van der Waals surface area contributed by atoms with Gasteiger partial charge in [0, 0.05) is 13.1 Å². The van der Waals surface area contributed by atoms with Crippen LogP contribution in [-0.2, 0) is 6.54 Å². The Morgan fingerprint density at radius 1 is 1.67 bits per heavy atom. The molecule has 0 spiro atoms. The Morgan fingerprint density at radius 3 is 3.17 bits per heavy atom. The first-order chi connectivity index (χ1) is 5.70. The Labute approximate surface area is 68.7 Å². The summed E-state index contributed by atoms with van der Waals surface area (Å²) in [6, 6.07) is 0. The van der Waals surface area contributed by atoms with Crippen LogP contribution in [0.3, 0.4) is 0 Å². The molecule has 1 aliphatic rings. The van der Waals surface area contributed by atoms with Crippen LogP contribution in [0.25, 0.3) is 0 Å². The van der Waals surface area contributed by atoms with Gasteiger partial charge < -0.3 is 10.4 Å². The molecule has 0 atom stereocenters. The fourth-order valence-electron chi connectivity index (χ4n) is 1.26. The highest BCUT2D eigenvalue weighted by molar-refractivity contribution is 5.36. The van der Waals surface area contributed by atoms with Gasteiger partial charge in [-0.2, -0.15) is 4.98 Å². The molecule has 2 N–H and O–H groups in total. The highest BCUT2D eigenvalue weighted by Gasteiger charge is 2.16. The standard InChI is InChI=1S/C7H9N3O2/c1-4-5(11)9-7-8-2-3-10(7)6(4)12/h11H,2-3H2,1H3,(H,8,9). The van der Waals surface area contributed by atoms with E-state index in [2.05, 4.69) is 10.3 Å². The fourth-order valence-corrected chi connectivity index (χ4v) is 1.26. The molecule has 0 aliphatic carbocycles. The summed E-state index contributed by atoms with van der Waals surface area (Å²) in [6.45, 7) is 2.89. The van der Waals surface area contributed by atoms with Crippen LogP contribution in [-0.4, -0.2) is 21.2 Å². The zero-order chi connectivity index (χ0) is 8.72. The SMILES string of the molecule is Cc1c(O)nc2n(c1=O)CCN2. The van der Waals surface area contributed by atoms with Crippen LogP contribution in [0.4, 0.5) is 5.95 Å². The number of aromatic hydroxyl groups is 1. The Morgan fingerprint density at radius 2 is 2.42 bits per heavy atom. The zero-order valence-corrected chi connectivity index (χ0v) is 6.66. The molecular weight excluding hydrogens is 158 g/mol. The van der Waals surface area contributed by atoms with Crippen LogP contribution >= 0.6 is 0 Å². The molecule has 1 aromatic heterocycles. The number of anilines is 1. The van der Waals surface area contributed by atoms with Gasteiger partial charge in [0.2, 0.25) is 11.8 Å². The van der Waals surface area contributed by atoms with Crippen molar-refractivity contribution < 1.29 is 5.11 Å². The van der Waals surface area contributed by atoms with Crippen LogP contribution < -0.4 is 10.9 Å². The summed E-state index contributed by atoms with van der Waals surface area (Å²) >= 11 is 0. The quantitative estimate of drug-likeness (QED) is 0.556. The summed E-state index contributed by atoms with van der Waals surface area (Å²) in [4.78, 5) is 15.2. The van der Waals surface area contributed by atoms with E-state index in [9.17, 15) is 9.90 Å². The van der Waals surface area contributed by atoms with Gasteiger partial charge in [0.15, 0.2) is 0 Å². The van der Waals surface area contributed by atoms with Crippen LogP contribution in [0.15, 0.2) is 4.79 Å². The highest BCUT2D eigenvalue weighted by atomic mass is 16.3. The van der Waals surface area contributed by atoms with Crippen molar-refractivity contribution in [2.45, 2.75) is 13.5 Å². The van der Waals surface area contributed by atoms with Crippen LogP contribution in [0, 0.1) is 6.92 Å². The van der Waals surface area contributed by atoms with E-state index in [0.29, 0.717) is 24.6 Å². The lowest BCUT2D eigenvalue weighted by Crippen LogP contribution is -2.21. The first-order valence-corrected chi connectivity index (χ1v) is 3.74. The molecule has 2 heterocycles. The van der Waals surface area contributed by atoms with Crippen LogP contribution in [0.1, 0.15) is 5.56 Å². The maximum Gasteiger partial charge on any atom is 0.261 e. The lowest BCUT2D eigenvalue weighted by molar-refractivity contribution is 0.444. The van der Waals surface area contributed by atoms with E-state index in [1.165, 1.54) is 4.57 Å². The molecule has 1 aliphatic heterocycles. The Bertz CT molecular complexity index is 383. The van der Waals surface area contributed by atoms with E-state index in [1.807, 2.05) is 0 Å². The molecule has 5 nitrogen and oxygen atoms in total. The zero-order valence-electron chi connectivity index (χ0n) is 6.66. The van der Waals surface area contributed by atoms with Crippen molar-refractivity contribution in [3.05, 3.63) is 15.9 Å². The van der Waals surface area contributed by atoms with Crippen LogP contribution in [0.5, 0.6) is 5.88 Å². The smallest absolute Gasteiger partial charge is 0.261 e. The molecule has 12 heavy (non-hydrogen) atoms. The topological polar surface area (TPSA) is 67.2 Å². The summed E-state index contributed by atoms with van der Waals surface area (Å²) < 4.78 is 1.52. The molecule has 0 radical (unpaired) electrons. The average Bonchev–Trinajstić information content (AvgIpc) is 2.48. The minimum atomic E-state index is -0.180. The molecule has 2 rings (SSSR count). The van der Waals surface area contributed by atoms with Gasteiger partial charge in [-0.15, -0.1) is 0 Å². The molecule has 0 amide bonds. The number of nitrogens with one attached hydrogen (secondary N) is 1. The Hall–Kier alpha value is -1.52. The molecular formula is C7H9N3O2. The second-order valence-corrected chi connectivity index (χ2v) is 2.77. The highest BCUT2D eigenvalue weighted by Crippen LogP contribution is 2.14. The average molecular weight is 167 g/mol. The Balaban J connectivity index is 2.76. The number of fused-ring (bicyclic) bond motifs is 1. The lowest BCUT2D eigenvalue weighted by Gasteiger charge is -2.03. The van der Waals surface area contributed by atoms with Gasteiger partial charge in [0.25, 0.3) is 5.56 Å². The first-order valence-electron chi connectivity index (χ1n) is 3.74. The fraction of sp³-hybridized carbons (Fsp3) is 0.429. The molecule has 0 saturated carbocycles. The first kappa shape index (κ1) is 7.15. The summed E-state index contributed by atoms with van der Waals surface area (Å²) in [5.74, 6) is 0.281. The van der Waals surface area contributed by atoms with Gasteiger partial charge in [0.1, 0.15) is 0 Å². The minimum Gasteiger partial charge on any atom is -0.493 e. The number of aromatic nitrogens is 2. The van der Waals surface area contributed by atoms with E-state index in [-0.39, 0.29) is 11.4 Å². The number of hydrogen-bond donors (Lipinski definition) is 2. The van der Waals surface area contributed by atoms with Gasteiger partial charge in [-0.25, -0.2) is 0 Å². The molecule has 0 saturated heterocycles. The molecule has 1 aromatic rings. The molecule has 0 bridgehead atoms. The molecule has 5 heteroatoms. The third kappa shape index (κ3) is 0.792.